The third kappa shape index (κ3) is 9.88. The van der Waals surface area contributed by atoms with Gasteiger partial charge in [0.15, 0.2) is 0 Å². The number of hydrogen-bond acceptors (Lipinski definition) is 6. The minimum atomic E-state index is -0.264. The van der Waals surface area contributed by atoms with Crippen molar-refractivity contribution in [3.63, 3.8) is 0 Å². The van der Waals surface area contributed by atoms with E-state index in [1.807, 2.05) is 30.1 Å². The van der Waals surface area contributed by atoms with E-state index < -0.39 is 0 Å². The number of hydrazine groups is 2. The molecule has 42 heavy (non-hydrogen) atoms. The lowest BCUT2D eigenvalue weighted by Gasteiger charge is -2.29. The minimum Gasteiger partial charge on any atom is -0.347 e. The van der Waals surface area contributed by atoms with E-state index in [4.69, 9.17) is 5.73 Å². The number of benzene rings is 2. The highest BCUT2D eigenvalue weighted by molar-refractivity contribution is 5.99. The van der Waals surface area contributed by atoms with Gasteiger partial charge in [-0.2, -0.15) is 0 Å². The molecule has 4 N–H and O–H groups in total. The molecule has 0 saturated carbocycles. The van der Waals surface area contributed by atoms with E-state index in [1.165, 1.54) is 5.70 Å². The van der Waals surface area contributed by atoms with Crippen LogP contribution >= 0.6 is 0 Å². The summed E-state index contributed by atoms with van der Waals surface area (Å²) in [6.07, 6.45) is 6.35. The Morgan fingerprint density at radius 2 is 1.62 bits per heavy atom. The third-order valence-corrected chi connectivity index (χ3v) is 7.59. The van der Waals surface area contributed by atoms with Crippen LogP contribution in [0.5, 0.6) is 0 Å². The van der Waals surface area contributed by atoms with Crippen LogP contribution < -0.4 is 16.6 Å². The first kappa shape index (κ1) is 33.1. The van der Waals surface area contributed by atoms with Crippen molar-refractivity contribution in [1.82, 2.24) is 25.8 Å². The monoisotopic (exact) mass is 576 g/mol. The fourth-order valence-corrected chi connectivity index (χ4v) is 5.55. The maximum atomic E-state index is 13.5. The lowest BCUT2D eigenvalue weighted by Crippen LogP contribution is -2.50. The molecule has 2 aromatic rings. The molecular weight excluding hydrogens is 524 g/mol. The van der Waals surface area contributed by atoms with Crippen LogP contribution in [-0.2, 0) is 6.42 Å². The number of hydrogen-bond donors (Lipinski definition) is 3. The van der Waals surface area contributed by atoms with Gasteiger partial charge in [0.1, 0.15) is 0 Å². The molecule has 3 rings (SSSR count). The predicted octanol–water partition coefficient (Wildman–Crippen LogP) is 5.20. The van der Waals surface area contributed by atoms with Crippen molar-refractivity contribution < 1.29 is 9.59 Å². The summed E-state index contributed by atoms with van der Waals surface area (Å²) in [7, 11) is 2.05. The lowest BCUT2D eigenvalue weighted by atomic mass is 9.92. The van der Waals surface area contributed by atoms with E-state index >= 15 is 0 Å². The third-order valence-electron chi connectivity index (χ3n) is 7.59. The molecule has 0 fully saturated rings. The van der Waals surface area contributed by atoms with Crippen LogP contribution in [0.4, 0.5) is 0 Å². The van der Waals surface area contributed by atoms with Gasteiger partial charge < -0.3 is 16.0 Å². The Balaban J connectivity index is 1.71. The second kappa shape index (κ2) is 16.3. The molecule has 8 heteroatoms. The van der Waals surface area contributed by atoms with Gasteiger partial charge in [0.25, 0.3) is 11.8 Å². The Labute approximate surface area is 253 Å². The van der Waals surface area contributed by atoms with Crippen molar-refractivity contribution in [2.75, 3.05) is 26.7 Å². The molecule has 1 heterocycles. The quantitative estimate of drug-likeness (QED) is 0.254. The number of carbonyl (C=O) groups is 2. The molecule has 1 aliphatic rings. The predicted molar refractivity (Wildman–Crippen MR) is 171 cm³/mol. The van der Waals surface area contributed by atoms with Crippen molar-refractivity contribution in [2.24, 2.45) is 17.6 Å². The Bertz CT molecular complexity index is 1160. The van der Waals surface area contributed by atoms with Gasteiger partial charge in [-0.05, 0) is 67.7 Å². The number of rotatable bonds is 16. The summed E-state index contributed by atoms with van der Waals surface area (Å²) in [5.41, 5.74) is 13.6. The molecule has 1 aliphatic heterocycles. The average Bonchev–Trinajstić information content (AvgIpc) is 3.29. The largest absolute Gasteiger partial charge is 0.347 e. The van der Waals surface area contributed by atoms with E-state index in [-0.39, 0.29) is 29.8 Å². The van der Waals surface area contributed by atoms with Crippen LogP contribution in [-0.4, -0.2) is 65.5 Å². The van der Waals surface area contributed by atoms with Gasteiger partial charge in [-0.25, -0.2) is 0 Å². The van der Waals surface area contributed by atoms with Crippen LogP contribution in [0, 0.1) is 11.8 Å². The van der Waals surface area contributed by atoms with Gasteiger partial charge in [0.05, 0.1) is 0 Å². The Morgan fingerprint density at radius 3 is 2.26 bits per heavy atom. The summed E-state index contributed by atoms with van der Waals surface area (Å²) < 4.78 is 0. The SMILES string of the molecule is CCCN(CCC)C(=O)c1cccc(C(=O)N[C@@H](Cc2ccccc2)[C@@H](N)C[C@@H](C)CN2C=C(CC(C)C)N(C)N2)c1. The van der Waals surface area contributed by atoms with E-state index in [9.17, 15) is 9.59 Å². The highest BCUT2D eigenvalue weighted by Crippen LogP contribution is 2.20. The topological polar surface area (TPSA) is 93.9 Å². The van der Waals surface area contributed by atoms with Gasteiger partial charge in [0, 0.05) is 61.8 Å². The summed E-state index contributed by atoms with van der Waals surface area (Å²) in [5, 5.41) is 7.43. The van der Waals surface area contributed by atoms with Crippen molar-refractivity contribution in [3.8, 4) is 0 Å². The smallest absolute Gasteiger partial charge is 0.253 e. The Kier molecular flexibility index (Phi) is 12.9. The van der Waals surface area contributed by atoms with Crippen molar-refractivity contribution in [3.05, 3.63) is 83.2 Å². The normalized spacial score (nSPS) is 15.4. The van der Waals surface area contributed by atoms with Crippen molar-refractivity contribution in [2.45, 2.75) is 78.8 Å². The molecule has 2 aromatic carbocycles. The molecule has 0 aliphatic carbocycles. The molecule has 2 amide bonds. The van der Waals surface area contributed by atoms with Crippen LogP contribution in [0.25, 0.3) is 0 Å². The number of allylic oxidation sites excluding steroid dienone is 1. The standard InChI is InChI=1S/C34H52N6O2/c1-7-17-39(18-8-2)34(42)29-16-12-15-28(22-29)33(41)36-32(21-27-13-10-9-11-14-27)31(35)20-26(5)23-40-24-30(19-25(3)4)38(6)37-40/h9-16,22,24-26,31-32,37H,7-8,17-21,23,35H2,1-6H3,(H,36,41)/t26-,31+,32+/m1/s1. The van der Waals surface area contributed by atoms with Gasteiger partial charge in [-0.15, -0.1) is 5.53 Å². The van der Waals surface area contributed by atoms with Gasteiger partial charge in [-0.1, -0.05) is 71.0 Å². The van der Waals surface area contributed by atoms with Crippen LogP contribution in [0.15, 0.2) is 66.5 Å². The van der Waals surface area contributed by atoms with Gasteiger partial charge in [-0.3, -0.25) is 19.6 Å². The fourth-order valence-electron chi connectivity index (χ4n) is 5.55. The lowest BCUT2D eigenvalue weighted by molar-refractivity contribution is 0.0755. The Morgan fingerprint density at radius 1 is 0.952 bits per heavy atom. The first-order valence-electron chi connectivity index (χ1n) is 15.6. The summed E-state index contributed by atoms with van der Waals surface area (Å²) in [6, 6.07) is 16.7. The summed E-state index contributed by atoms with van der Waals surface area (Å²) in [4.78, 5) is 28.6. The maximum Gasteiger partial charge on any atom is 0.253 e. The van der Waals surface area contributed by atoms with E-state index in [0.29, 0.717) is 36.6 Å². The minimum absolute atomic E-state index is 0.0357. The van der Waals surface area contributed by atoms with Crippen LogP contribution in [0.3, 0.4) is 0 Å². The molecule has 0 saturated heterocycles. The van der Waals surface area contributed by atoms with E-state index in [0.717, 1.165) is 37.8 Å². The molecule has 8 nitrogen and oxygen atoms in total. The zero-order valence-corrected chi connectivity index (χ0v) is 26.5. The molecule has 0 spiro atoms. The average molecular weight is 577 g/mol. The summed E-state index contributed by atoms with van der Waals surface area (Å²) >= 11 is 0. The fraction of sp³-hybridized carbons (Fsp3) is 0.529. The number of nitrogens with one attached hydrogen (secondary N) is 2. The number of nitrogens with zero attached hydrogens (tertiary/aromatic N) is 3. The number of nitrogens with two attached hydrogens (primary N) is 1. The first-order chi connectivity index (χ1) is 20.1. The zero-order chi connectivity index (χ0) is 30.6. The molecule has 230 valence electrons. The maximum absolute atomic E-state index is 13.5. The molecule has 0 aromatic heterocycles. The number of carbonyl (C=O) groups excluding carboxylic acids is 2. The van der Waals surface area contributed by atoms with E-state index in [1.54, 1.807) is 24.3 Å². The van der Waals surface area contributed by atoms with Crippen molar-refractivity contribution >= 4 is 11.8 Å². The van der Waals surface area contributed by atoms with Crippen molar-refractivity contribution in [1.29, 1.82) is 0 Å². The van der Waals surface area contributed by atoms with Crippen LogP contribution in [0.1, 0.15) is 86.6 Å². The molecule has 0 bridgehead atoms. The highest BCUT2D eigenvalue weighted by atomic mass is 16.2. The Hall–Kier alpha value is -3.36. The molecular formula is C34H52N6O2. The van der Waals surface area contributed by atoms with Crippen LogP contribution in [0.2, 0.25) is 0 Å². The summed E-state index contributed by atoms with van der Waals surface area (Å²) in [6.45, 7) is 13.0. The highest BCUT2D eigenvalue weighted by Gasteiger charge is 2.26. The summed E-state index contributed by atoms with van der Waals surface area (Å²) in [5.74, 6) is 0.621. The second-order valence-electron chi connectivity index (χ2n) is 12.2. The molecule has 0 unspecified atom stereocenters. The van der Waals surface area contributed by atoms with Gasteiger partial charge in [0.2, 0.25) is 0 Å². The second-order valence-corrected chi connectivity index (χ2v) is 12.2. The van der Waals surface area contributed by atoms with Gasteiger partial charge >= 0.3 is 0 Å². The zero-order valence-electron chi connectivity index (χ0n) is 26.5. The molecule has 3 atom stereocenters. The van der Waals surface area contributed by atoms with E-state index in [2.05, 4.69) is 73.8 Å². The first-order valence-corrected chi connectivity index (χ1v) is 15.6. The molecule has 0 radical (unpaired) electrons. The number of amides is 2.